The zero-order valence-electron chi connectivity index (χ0n) is 19.2. The standard InChI is InChI=1S/C33H27N/c1-2-8-25-21-26(12-11-23(25)7-1)24-13-15-27(16-14-24)34-28-17-18-30-29-9-3-4-10-31(29)33(32(30)22-28)19-5-6-20-33/h1-4,7-18,21-22,34H,5-6,19-20H2. The third-order valence-electron chi connectivity index (χ3n) is 7.98. The van der Waals surface area contributed by atoms with Gasteiger partial charge in [-0.15, -0.1) is 0 Å². The number of nitrogens with one attached hydrogen (secondary N) is 1. The Morgan fingerprint density at radius 3 is 2.03 bits per heavy atom. The second kappa shape index (κ2) is 7.60. The topological polar surface area (TPSA) is 12.0 Å². The van der Waals surface area contributed by atoms with Gasteiger partial charge in [-0.25, -0.2) is 0 Å². The van der Waals surface area contributed by atoms with Crippen molar-refractivity contribution < 1.29 is 0 Å². The first kappa shape index (κ1) is 19.6. The predicted molar refractivity (Wildman–Crippen MR) is 144 cm³/mol. The molecule has 0 unspecified atom stereocenters. The maximum Gasteiger partial charge on any atom is 0.0387 e. The van der Waals surface area contributed by atoms with E-state index in [1.54, 1.807) is 5.56 Å². The van der Waals surface area contributed by atoms with Crippen LogP contribution >= 0.6 is 0 Å². The molecule has 5 aromatic carbocycles. The van der Waals surface area contributed by atoms with Crippen LogP contribution in [0.2, 0.25) is 0 Å². The zero-order chi connectivity index (χ0) is 22.5. The summed E-state index contributed by atoms with van der Waals surface area (Å²) in [5.41, 5.74) is 10.9. The number of rotatable bonds is 3. The Labute approximate surface area is 201 Å². The quantitative estimate of drug-likeness (QED) is 0.297. The molecule has 0 saturated heterocycles. The minimum atomic E-state index is 0.212. The van der Waals surface area contributed by atoms with E-state index in [4.69, 9.17) is 0 Å². The van der Waals surface area contributed by atoms with Crippen LogP contribution in [-0.4, -0.2) is 0 Å². The molecule has 1 nitrogen and oxygen atoms in total. The lowest BCUT2D eigenvalue weighted by molar-refractivity contribution is 0.550. The maximum absolute atomic E-state index is 3.68. The lowest BCUT2D eigenvalue weighted by Crippen LogP contribution is -2.20. The molecule has 2 aliphatic carbocycles. The van der Waals surface area contributed by atoms with Gasteiger partial charge in [0.25, 0.3) is 0 Å². The summed E-state index contributed by atoms with van der Waals surface area (Å²) in [6.45, 7) is 0. The van der Waals surface area contributed by atoms with Gasteiger partial charge in [0, 0.05) is 16.8 Å². The summed E-state index contributed by atoms with van der Waals surface area (Å²) in [7, 11) is 0. The average molecular weight is 438 g/mol. The summed E-state index contributed by atoms with van der Waals surface area (Å²) in [6, 6.07) is 40.1. The van der Waals surface area contributed by atoms with Gasteiger partial charge < -0.3 is 5.32 Å². The Hall–Kier alpha value is -3.84. The van der Waals surface area contributed by atoms with Crippen molar-refractivity contribution in [1.29, 1.82) is 0 Å². The fourth-order valence-corrected chi connectivity index (χ4v) is 6.33. The van der Waals surface area contributed by atoms with Crippen molar-refractivity contribution in [3.63, 3.8) is 0 Å². The number of hydrogen-bond donors (Lipinski definition) is 1. The highest BCUT2D eigenvalue weighted by molar-refractivity contribution is 5.88. The molecule has 5 aromatic rings. The molecule has 0 bridgehead atoms. The van der Waals surface area contributed by atoms with E-state index in [0.29, 0.717) is 0 Å². The minimum Gasteiger partial charge on any atom is -0.356 e. The van der Waals surface area contributed by atoms with Crippen molar-refractivity contribution in [3.8, 4) is 22.3 Å². The number of benzene rings is 5. The van der Waals surface area contributed by atoms with Gasteiger partial charge in [-0.1, -0.05) is 91.7 Å². The Kier molecular flexibility index (Phi) is 4.38. The van der Waals surface area contributed by atoms with E-state index in [1.165, 1.54) is 70.0 Å². The first-order valence-corrected chi connectivity index (χ1v) is 12.4. The van der Waals surface area contributed by atoms with Crippen molar-refractivity contribution in [2.75, 3.05) is 5.32 Å². The Balaban J connectivity index is 1.19. The van der Waals surface area contributed by atoms with E-state index in [-0.39, 0.29) is 5.41 Å². The summed E-state index contributed by atoms with van der Waals surface area (Å²) in [5, 5.41) is 6.24. The Morgan fingerprint density at radius 2 is 1.18 bits per heavy atom. The van der Waals surface area contributed by atoms with Crippen LogP contribution in [0.1, 0.15) is 36.8 Å². The third kappa shape index (κ3) is 3.00. The summed E-state index contributed by atoms with van der Waals surface area (Å²) >= 11 is 0. The molecule has 7 rings (SSSR count). The lowest BCUT2D eigenvalue weighted by Gasteiger charge is -2.27. The molecule has 34 heavy (non-hydrogen) atoms. The van der Waals surface area contributed by atoms with Crippen LogP contribution in [0.5, 0.6) is 0 Å². The van der Waals surface area contributed by atoms with Crippen LogP contribution in [0.3, 0.4) is 0 Å². The summed E-state index contributed by atoms with van der Waals surface area (Å²) in [6.07, 6.45) is 5.17. The van der Waals surface area contributed by atoms with Crippen LogP contribution < -0.4 is 5.32 Å². The van der Waals surface area contributed by atoms with Crippen molar-refractivity contribution in [2.24, 2.45) is 0 Å². The smallest absolute Gasteiger partial charge is 0.0387 e. The van der Waals surface area contributed by atoms with Crippen molar-refractivity contribution in [1.82, 2.24) is 0 Å². The molecule has 1 spiro atoms. The molecule has 1 N–H and O–H groups in total. The molecule has 1 fully saturated rings. The van der Waals surface area contributed by atoms with Gasteiger partial charge in [-0.2, -0.15) is 0 Å². The number of hydrogen-bond acceptors (Lipinski definition) is 1. The molecule has 0 aromatic heterocycles. The fourth-order valence-electron chi connectivity index (χ4n) is 6.33. The number of anilines is 2. The van der Waals surface area contributed by atoms with Gasteiger partial charge in [-0.3, -0.25) is 0 Å². The average Bonchev–Trinajstić information content (AvgIpc) is 3.49. The minimum absolute atomic E-state index is 0.212. The molecule has 0 radical (unpaired) electrons. The zero-order valence-corrected chi connectivity index (χ0v) is 19.2. The highest BCUT2D eigenvalue weighted by atomic mass is 14.9. The van der Waals surface area contributed by atoms with E-state index < -0.39 is 0 Å². The van der Waals surface area contributed by atoms with E-state index in [9.17, 15) is 0 Å². The monoisotopic (exact) mass is 437 g/mol. The number of fused-ring (bicyclic) bond motifs is 6. The molecular formula is C33H27N. The first-order chi connectivity index (χ1) is 16.8. The highest BCUT2D eigenvalue weighted by Crippen LogP contribution is 2.57. The molecule has 1 heteroatoms. The molecule has 0 heterocycles. The van der Waals surface area contributed by atoms with Crippen LogP contribution in [0.15, 0.2) is 109 Å². The van der Waals surface area contributed by atoms with Gasteiger partial charge in [0.2, 0.25) is 0 Å². The van der Waals surface area contributed by atoms with E-state index in [2.05, 4.69) is 115 Å². The molecule has 0 atom stereocenters. The Bertz CT molecular complexity index is 1520. The predicted octanol–water partition coefficient (Wildman–Crippen LogP) is 9.09. The Morgan fingerprint density at radius 1 is 0.500 bits per heavy atom. The third-order valence-corrected chi connectivity index (χ3v) is 7.98. The molecule has 0 aliphatic heterocycles. The van der Waals surface area contributed by atoms with E-state index >= 15 is 0 Å². The fraction of sp³-hybridized carbons (Fsp3) is 0.152. The second-order valence-corrected chi connectivity index (χ2v) is 9.86. The van der Waals surface area contributed by atoms with E-state index in [1.807, 2.05) is 0 Å². The van der Waals surface area contributed by atoms with Gasteiger partial charge in [0.15, 0.2) is 0 Å². The van der Waals surface area contributed by atoms with Crippen LogP contribution in [0.25, 0.3) is 33.0 Å². The van der Waals surface area contributed by atoms with E-state index in [0.717, 1.165) is 5.69 Å². The lowest BCUT2D eigenvalue weighted by atomic mass is 9.77. The molecule has 2 aliphatic rings. The summed E-state index contributed by atoms with van der Waals surface area (Å²) in [5.74, 6) is 0. The van der Waals surface area contributed by atoms with Gasteiger partial charge in [0.05, 0.1) is 0 Å². The summed E-state index contributed by atoms with van der Waals surface area (Å²) < 4.78 is 0. The van der Waals surface area contributed by atoms with Gasteiger partial charge in [0.1, 0.15) is 0 Å². The molecular weight excluding hydrogens is 410 g/mol. The molecule has 1 saturated carbocycles. The second-order valence-electron chi connectivity index (χ2n) is 9.86. The first-order valence-electron chi connectivity index (χ1n) is 12.4. The van der Waals surface area contributed by atoms with Gasteiger partial charge in [-0.05, 0) is 87.3 Å². The van der Waals surface area contributed by atoms with Crippen molar-refractivity contribution in [3.05, 3.63) is 120 Å². The molecule has 164 valence electrons. The summed E-state index contributed by atoms with van der Waals surface area (Å²) in [4.78, 5) is 0. The van der Waals surface area contributed by atoms with Gasteiger partial charge >= 0.3 is 0 Å². The van der Waals surface area contributed by atoms with Crippen LogP contribution in [-0.2, 0) is 5.41 Å². The highest BCUT2D eigenvalue weighted by Gasteiger charge is 2.44. The maximum atomic E-state index is 3.68. The SMILES string of the molecule is c1ccc2c(c1)-c1ccc(Nc3ccc(-c4ccc5ccccc5c4)cc3)cc1C21CCCC1. The molecule has 0 amide bonds. The normalized spacial score (nSPS) is 15.4. The van der Waals surface area contributed by atoms with Crippen LogP contribution in [0.4, 0.5) is 11.4 Å². The largest absolute Gasteiger partial charge is 0.356 e. The van der Waals surface area contributed by atoms with Crippen molar-refractivity contribution in [2.45, 2.75) is 31.1 Å². The van der Waals surface area contributed by atoms with Crippen LogP contribution in [0, 0.1) is 0 Å². The van der Waals surface area contributed by atoms with Crippen molar-refractivity contribution >= 4 is 22.1 Å².